The van der Waals surface area contributed by atoms with Gasteiger partial charge in [-0.25, -0.2) is 0 Å². The highest BCUT2D eigenvalue weighted by Crippen LogP contribution is 2.22. The number of alkyl halides is 3. The van der Waals surface area contributed by atoms with Gasteiger partial charge in [-0.3, -0.25) is 4.99 Å². The van der Waals surface area contributed by atoms with E-state index in [1.54, 1.807) is 25.2 Å². The van der Waals surface area contributed by atoms with Crippen molar-refractivity contribution in [1.29, 1.82) is 0 Å². The predicted molar refractivity (Wildman–Crippen MR) is 83.6 cm³/mol. The molecule has 1 aromatic carbocycles. The number of halogens is 3. The number of nitrogens with zero attached hydrogens (tertiary/aromatic N) is 1. The highest BCUT2D eigenvalue weighted by molar-refractivity contribution is 5.80. The van der Waals surface area contributed by atoms with Crippen molar-refractivity contribution in [1.82, 2.24) is 10.6 Å². The molecule has 0 radical (unpaired) electrons. The van der Waals surface area contributed by atoms with Gasteiger partial charge in [0, 0.05) is 25.2 Å². The van der Waals surface area contributed by atoms with Crippen molar-refractivity contribution in [2.75, 3.05) is 13.7 Å². The molecule has 1 fully saturated rings. The van der Waals surface area contributed by atoms with Crippen molar-refractivity contribution in [2.45, 2.75) is 44.4 Å². The number of nitrogens with one attached hydrogen (secondary N) is 2. The first-order chi connectivity index (χ1) is 11.0. The first-order valence-corrected chi connectivity index (χ1v) is 7.72. The molecule has 1 saturated carbocycles. The Balaban J connectivity index is 1.91. The number of hydrogen-bond donors (Lipinski definition) is 2. The fourth-order valence-corrected chi connectivity index (χ4v) is 2.59. The summed E-state index contributed by atoms with van der Waals surface area (Å²) in [6.45, 7) is -0.945. The largest absolute Gasteiger partial charge is 0.484 e. The average Bonchev–Trinajstić information content (AvgIpc) is 3.02. The maximum Gasteiger partial charge on any atom is 0.422 e. The van der Waals surface area contributed by atoms with Gasteiger partial charge < -0.3 is 15.4 Å². The van der Waals surface area contributed by atoms with Gasteiger partial charge in [0.25, 0.3) is 0 Å². The van der Waals surface area contributed by atoms with E-state index in [0.717, 1.165) is 12.8 Å². The lowest BCUT2D eigenvalue weighted by Gasteiger charge is -2.18. The zero-order valence-electron chi connectivity index (χ0n) is 13.1. The molecule has 2 N–H and O–H groups in total. The topological polar surface area (TPSA) is 45.7 Å². The van der Waals surface area contributed by atoms with E-state index in [-0.39, 0.29) is 5.75 Å². The predicted octanol–water partition coefficient (Wildman–Crippen LogP) is 3.24. The molecule has 0 unspecified atom stereocenters. The second kappa shape index (κ2) is 8.08. The lowest BCUT2D eigenvalue weighted by molar-refractivity contribution is -0.153. The SMILES string of the molecule is CN=C(NCc1ccccc1OCC(F)(F)F)NC1CCCC1. The number of benzene rings is 1. The minimum Gasteiger partial charge on any atom is -0.484 e. The number of hydrogen-bond acceptors (Lipinski definition) is 2. The first-order valence-electron chi connectivity index (χ1n) is 7.72. The van der Waals surface area contributed by atoms with Gasteiger partial charge >= 0.3 is 6.18 Å². The number of rotatable bonds is 5. The minimum absolute atomic E-state index is 0.230. The van der Waals surface area contributed by atoms with Crippen LogP contribution in [0.2, 0.25) is 0 Å². The van der Waals surface area contributed by atoms with Crippen LogP contribution >= 0.6 is 0 Å². The Morgan fingerprint density at radius 1 is 1.26 bits per heavy atom. The standard InChI is InChI=1S/C16H22F3N3O/c1-20-15(22-13-7-3-4-8-13)21-10-12-6-2-5-9-14(12)23-11-16(17,18)19/h2,5-6,9,13H,3-4,7-8,10-11H2,1H3,(H2,20,21,22). The van der Waals surface area contributed by atoms with Crippen LogP contribution in [0.15, 0.2) is 29.3 Å². The first kappa shape index (κ1) is 17.4. The van der Waals surface area contributed by atoms with Crippen molar-refractivity contribution < 1.29 is 17.9 Å². The van der Waals surface area contributed by atoms with E-state index in [2.05, 4.69) is 15.6 Å². The van der Waals surface area contributed by atoms with E-state index in [4.69, 9.17) is 4.74 Å². The Morgan fingerprint density at radius 2 is 1.96 bits per heavy atom. The van der Waals surface area contributed by atoms with E-state index in [1.165, 1.54) is 18.9 Å². The summed E-state index contributed by atoms with van der Waals surface area (Å²) in [5.74, 6) is 0.885. The Bertz CT molecular complexity index is 526. The summed E-state index contributed by atoms with van der Waals surface area (Å²) in [5.41, 5.74) is 0.658. The summed E-state index contributed by atoms with van der Waals surface area (Å²) in [6.07, 6.45) is 0.310. The van der Waals surface area contributed by atoms with Crippen LogP contribution in [-0.2, 0) is 6.54 Å². The lowest BCUT2D eigenvalue weighted by atomic mass is 10.2. The fraction of sp³-hybridized carbons (Fsp3) is 0.562. The highest BCUT2D eigenvalue weighted by Gasteiger charge is 2.28. The van der Waals surface area contributed by atoms with Gasteiger partial charge in [0.05, 0.1) is 0 Å². The summed E-state index contributed by atoms with van der Waals surface area (Å²) >= 11 is 0. The van der Waals surface area contributed by atoms with Crippen molar-refractivity contribution in [2.24, 2.45) is 4.99 Å². The molecule has 0 atom stereocenters. The maximum absolute atomic E-state index is 12.3. The molecule has 2 rings (SSSR count). The summed E-state index contributed by atoms with van der Waals surface area (Å²) in [7, 11) is 1.68. The molecule has 4 nitrogen and oxygen atoms in total. The molecule has 0 bridgehead atoms. The summed E-state index contributed by atoms with van der Waals surface area (Å²) < 4.78 is 41.8. The van der Waals surface area contributed by atoms with Crippen molar-refractivity contribution >= 4 is 5.96 Å². The third-order valence-electron chi connectivity index (χ3n) is 3.73. The molecule has 1 aliphatic rings. The quantitative estimate of drug-likeness (QED) is 0.644. The molecule has 128 valence electrons. The molecule has 1 aromatic rings. The number of ether oxygens (including phenoxy) is 1. The molecule has 7 heteroatoms. The Morgan fingerprint density at radius 3 is 2.61 bits per heavy atom. The third kappa shape index (κ3) is 6.00. The van der Waals surface area contributed by atoms with Crippen LogP contribution in [0.25, 0.3) is 0 Å². The molecule has 0 saturated heterocycles. The van der Waals surface area contributed by atoms with Gasteiger partial charge in [0.2, 0.25) is 0 Å². The van der Waals surface area contributed by atoms with E-state index in [9.17, 15) is 13.2 Å². The van der Waals surface area contributed by atoms with E-state index < -0.39 is 12.8 Å². The smallest absolute Gasteiger partial charge is 0.422 e. The zero-order valence-corrected chi connectivity index (χ0v) is 13.1. The summed E-state index contributed by atoms with van der Waals surface area (Å²) in [5, 5.41) is 6.46. The maximum atomic E-state index is 12.3. The van der Waals surface area contributed by atoms with Crippen LogP contribution in [0, 0.1) is 0 Å². The molecule has 0 aromatic heterocycles. The molecular formula is C16H22F3N3O. The molecule has 23 heavy (non-hydrogen) atoms. The normalized spacial score (nSPS) is 16.4. The van der Waals surface area contributed by atoms with Crippen LogP contribution < -0.4 is 15.4 Å². The van der Waals surface area contributed by atoms with Gasteiger partial charge in [0.15, 0.2) is 12.6 Å². The van der Waals surface area contributed by atoms with E-state index >= 15 is 0 Å². The zero-order chi connectivity index (χ0) is 16.7. The Labute approximate surface area is 134 Å². The third-order valence-corrected chi connectivity index (χ3v) is 3.73. The Kier molecular flexibility index (Phi) is 6.12. The van der Waals surface area contributed by atoms with E-state index in [0.29, 0.717) is 24.1 Å². The van der Waals surface area contributed by atoms with Crippen LogP contribution in [0.1, 0.15) is 31.2 Å². The number of aliphatic imine (C=N–C) groups is 1. The molecule has 1 aliphatic carbocycles. The number of guanidine groups is 1. The van der Waals surface area contributed by atoms with Gasteiger partial charge in [-0.1, -0.05) is 31.0 Å². The van der Waals surface area contributed by atoms with Crippen LogP contribution in [-0.4, -0.2) is 31.8 Å². The van der Waals surface area contributed by atoms with Gasteiger partial charge in [-0.05, 0) is 18.9 Å². The lowest BCUT2D eigenvalue weighted by Crippen LogP contribution is -2.42. The highest BCUT2D eigenvalue weighted by atomic mass is 19.4. The van der Waals surface area contributed by atoms with Crippen LogP contribution in [0.4, 0.5) is 13.2 Å². The second-order valence-corrected chi connectivity index (χ2v) is 5.56. The van der Waals surface area contributed by atoms with Crippen molar-refractivity contribution in [3.63, 3.8) is 0 Å². The monoisotopic (exact) mass is 329 g/mol. The average molecular weight is 329 g/mol. The molecular weight excluding hydrogens is 307 g/mol. The summed E-state index contributed by atoms with van der Waals surface area (Å²) in [4.78, 5) is 4.16. The fourth-order valence-electron chi connectivity index (χ4n) is 2.59. The number of para-hydroxylation sites is 1. The van der Waals surface area contributed by atoms with Crippen molar-refractivity contribution in [3.05, 3.63) is 29.8 Å². The second-order valence-electron chi connectivity index (χ2n) is 5.56. The van der Waals surface area contributed by atoms with Gasteiger partial charge in [-0.2, -0.15) is 13.2 Å². The molecule has 0 aliphatic heterocycles. The van der Waals surface area contributed by atoms with Gasteiger partial charge in [-0.15, -0.1) is 0 Å². The minimum atomic E-state index is -4.35. The molecule has 0 heterocycles. The Hall–Kier alpha value is -1.92. The van der Waals surface area contributed by atoms with Gasteiger partial charge in [0.1, 0.15) is 5.75 Å². The van der Waals surface area contributed by atoms with Crippen molar-refractivity contribution in [3.8, 4) is 5.75 Å². The van der Waals surface area contributed by atoms with Crippen LogP contribution in [0.3, 0.4) is 0 Å². The molecule has 0 amide bonds. The van der Waals surface area contributed by atoms with Crippen LogP contribution in [0.5, 0.6) is 5.75 Å². The van der Waals surface area contributed by atoms with E-state index in [1.807, 2.05) is 0 Å². The molecule has 0 spiro atoms. The summed E-state index contributed by atoms with van der Waals surface area (Å²) in [6, 6.07) is 7.11.